The normalized spacial score (nSPS) is 12.5. The molecule has 0 fully saturated rings. The molecular weight excluding hydrogens is 176 g/mol. The first-order valence-corrected chi connectivity index (χ1v) is 4.88. The first kappa shape index (κ1) is 11.0. The van der Waals surface area contributed by atoms with Gasteiger partial charge in [0, 0.05) is 11.6 Å². The summed E-state index contributed by atoms with van der Waals surface area (Å²) < 4.78 is 5.24. The molecule has 1 atom stereocenters. The third kappa shape index (κ3) is 2.72. The van der Waals surface area contributed by atoms with Crippen molar-refractivity contribution < 1.29 is 4.74 Å². The number of para-hydroxylation sites is 1. The van der Waals surface area contributed by atoms with Crippen molar-refractivity contribution in [2.75, 3.05) is 13.7 Å². The van der Waals surface area contributed by atoms with Gasteiger partial charge in [-0.2, -0.15) is 0 Å². The van der Waals surface area contributed by atoms with E-state index in [1.165, 1.54) is 0 Å². The standard InChI is InChI=1S/C11H18N2O/c1-14-11-7-3-2-5-9(11)10(13)6-4-8-12/h2-3,5,7,10H,4,6,8,12-13H2,1H3. The minimum Gasteiger partial charge on any atom is -0.496 e. The van der Waals surface area contributed by atoms with Gasteiger partial charge in [0.2, 0.25) is 0 Å². The number of rotatable bonds is 5. The Labute approximate surface area is 85.0 Å². The molecule has 0 saturated heterocycles. The van der Waals surface area contributed by atoms with E-state index in [2.05, 4.69) is 0 Å². The van der Waals surface area contributed by atoms with Crippen LogP contribution in [-0.4, -0.2) is 13.7 Å². The summed E-state index contributed by atoms with van der Waals surface area (Å²) >= 11 is 0. The van der Waals surface area contributed by atoms with Crippen molar-refractivity contribution in [3.63, 3.8) is 0 Å². The predicted molar refractivity (Wildman–Crippen MR) is 58.2 cm³/mol. The van der Waals surface area contributed by atoms with Gasteiger partial charge in [0.05, 0.1) is 7.11 Å². The lowest BCUT2D eigenvalue weighted by Gasteiger charge is -2.14. The molecule has 1 aromatic carbocycles. The Morgan fingerprint density at radius 3 is 2.71 bits per heavy atom. The molecular formula is C11H18N2O. The number of benzene rings is 1. The van der Waals surface area contributed by atoms with Crippen molar-refractivity contribution in [1.29, 1.82) is 0 Å². The number of nitrogens with two attached hydrogens (primary N) is 2. The van der Waals surface area contributed by atoms with Crippen LogP contribution in [0.25, 0.3) is 0 Å². The fraction of sp³-hybridized carbons (Fsp3) is 0.455. The molecule has 4 N–H and O–H groups in total. The van der Waals surface area contributed by atoms with Crippen LogP contribution in [0.3, 0.4) is 0 Å². The zero-order chi connectivity index (χ0) is 10.4. The summed E-state index contributed by atoms with van der Waals surface area (Å²) in [6, 6.07) is 7.87. The highest BCUT2D eigenvalue weighted by molar-refractivity contribution is 5.35. The maximum absolute atomic E-state index is 6.02. The van der Waals surface area contributed by atoms with Crippen LogP contribution in [-0.2, 0) is 0 Å². The largest absolute Gasteiger partial charge is 0.496 e. The fourth-order valence-electron chi connectivity index (χ4n) is 1.47. The molecule has 0 radical (unpaired) electrons. The van der Waals surface area contributed by atoms with Crippen molar-refractivity contribution in [2.45, 2.75) is 18.9 Å². The van der Waals surface area contributed by atoms with Gasteiger partial charge >= 0.3 is 0 Å². The molecule has 3 heteroatoms. The first-order valence-electron chi connectivity index (χ1n) is 4.88. The van der Waals surface area contributed by atoms with E-state index in [9.17, 15) is 0 Å². The second kappa shape index (κ2) is 5.62. The summed E-state index contributed by atoms with van der Waals surface area (Å²) in [5, 5.41) is 0. The average molecular weight is 194 g/mol. The van der Waals surface area contributed by atoms with Gasteiger partial charge in [-0.25, -0.2) is 0 Å². The number of methoxy groups -OCH3 is 1. The lowest BCUT2D eigenvalue weighted by Crippen LogP contribution is -2.13. The van der Waals surface area contributed by atoms with E-state index in [1.54, 1.807) is 7.11 Å². The zero-order valence-electron chi connectivity index (χ0n) is 8.57. The average Bonchev–Trinajstić information content (AvgIpc) is 2.25. The van der Waals surface area contributed by atoms with E-state index in [4.69, 9.17) is 16.2 Å². The van der Waals surface area contributed by atoms with Crippen LogP contribution < -0.4 is 16.2 Å². The van der Waals surface area contributed by atoms with Gasteiger partial charge in [-0.05, 0) is 25.5 Å². The van der Waals surface area contributed by atoms with E-state index in [0.717, 1.165) is 24.2 Å². The Kier molecular flexibility index (Phi) is 4.43. The Morgan fingerprint density at radius 2 is 2.07 bits per heavy atom. The van der Waals surface area contributed by atoms with Gasteiger partial charge in [0.25, 0.3) is 0 Å². The van der Waals surface area contributed by atoms with E-state index >= 15 is 0 Å². The van der Waals surface area contributed by atoms with Crippen molar-refractivity contribution in [1.82, 2.24) is 0 Å². The smallest absolute Gasteiger partial charge is 0.123 e. The fourth-order valence-corrected chi connectivity index (χ4v) is 1.47. The lowest BCUT2D eigenvalue weighted by atomic mass is 10.0. The van der Waals surface area contributed by atoms with E-state index in [-0.39, 0.29) is 6.04 Å². The van der Waals surface area contributed by atoms with Crippen molar-refractivity contribution in [3.05, 3.63) is 29.8 Å². The summed E-state index contributed by atoms with van der Waals surface area (Å²) in [5.41, 5.74) is 12.5. The topological polar surface area (TPSA) is 61.3 Å². The molecule has 0 saturated carbocycles. The molecule has 0 aliphatic carbocycles. The summed E-state index contributed by atoms with van der Waals surface area (Å²) in [4.78, 5) is 0. The van der Waals surface area contributed by atoms with E-state index < -0.39 is 0 Å². The Balaban J connectivity index is 2.72. The zero-order valence-corrected chi connectivity index (χ0v) is 8.57. The van der Waals surface area contributed by atoms with Crippen LogP contribution >= 0.6 is 0 Å². The Bertz CT molecular complexity index is 276. The summed E-state index contributed by atoms with van der Waals surface area (Å²) in [6.07, 6.45) is 1.84. The molecule has 14 heavy (non-hydrogen) atoms. The summed E-state index contributed by atoms with van der Waals surface area (Å²) in [6.45, 7) is 0.683. The molecule has 0 aromatic heterocycles. The predicted octanol–water partition coefficient (Wildman–Crippen LogP) is 1.43. The van der Waals surface area contributed by atoms with Crippen molar-refractivity contribution in [3.8, 4) is 5.75 Å². The molecule has 1 rings (SSSR count). The van der Waals surface area contributed by atoms with E-state index in [0.29, 0.717) is 6.54 Å². The molecule has 0 aliphatic rings. The van der Waals surface area contributed by atoms with Gasteiger partial charge in [-0.1, -0.05) is 18.2 Å². The van der Waals surface area contributed by atoms with Crippen molar-refractivity contribution in [2.24, 2.45) is 11.5 Å². The summed E-state index contributed by atoms with van der Waals surface area (Å²) in [7, 11) is 1.66. The molecule has 0 aliphatic heterocycles. The molecule has 0 heterocycles. The third-order valence-electron chi connectivity index (χ3n) is 2.26. The first-order chi connectivity index (χ1) is 6.79. The lowest BCUT2D eigenvalue weighted by molar-refractivity contribution is 0.403. The van der Waals surface area contributed by atoms with Gasteiger partial charge in [-0.3, -0.25) is 0 Å². The van der Waals surface area contributed by atoms with Gasteiger partial charge in [0.1, 0.15) is 5.75 Å². The van der Waals surface area contributed by atoms with Crippen molar-refractivity contribution >= 4 is 0 Å². The molecule has 3 nitrogen and oxygen atoms in total. The van der Waals surface area contributed by atoms with Gasteiger partial charge < -0.3 is 16.2 Å². The third-order valence-corrected chi connectivity index (χ3v) is 2.26. The monoisotopic (exact) mass is 194 g/mol. The Hall–Kier alpha value is -1.06. The van der Waals surface area contributed by atoms with Crippen LogP contribution in [0.4, 0.5) is 0 Å². The minimum absolute atomic E-state index is 0.0229. The van der Waals surface area contributed by atoms with Crippen LogP contribution in [0.5, 0.6) is 5.75 Å². The quantitative estimate of drug-likeness (QED) is 0.745. The van der Waals surface area contributed by atoms with Crippen LogP contribution in [0.15, 0.2) is 24.3 Å². The van der Waals surface area contributed by atoms with Crippen LogP contribution in [0.1, 0.15) is 24.4 Å². The van der Waals surface area contributed by atoms with Gasteiger partial charge in [0.15, 0.2) is 0 Å². The maximum atomic E-state index is 6.02. The number of hydrogen-bond acceptors (Lipinski definition) is 3. The highest BCUT2D eigenvalue weighted by Gasteiger charge is 2.09. The Morgan fingerprint density at radius 1 is 1.36 bits per heavy atom. The molecule has 0 spiro atoms. The summed E-state index contributed by atoms with van der Waals surface area (Å²) in [5.74, 6) is 0.858. The molecule has 1 unspecified atom stereocenters. The van der Waals surface area contributed by atoms with Crippen LogP contribution in [0, 0.1) is 0 Å². The van der Waals surface area contributed by atoms with E-state index in [1.807, 2.05) is 24.3 Å². The minimum atomic E-state index is 0.0229. The van der Waals surface area contributed by atoms with Gasteiger partial charge in [-0.15, -0.1) is 0 Å². The second-order valence-corrected chi connectivity index (χ2v) is 3.28. The molecule has 78 valence electrons. The molecule has 1 aromatic rings. The highest BCUT2D eigenvalue weighted by atomic mass is 16.5. The number of hydrogen-bond donors (Lipinski definition) is 2. The second-order valence-electron chi connectivity index (χ2n) is 3.28. The number of ether oxygens (including phenoxy) is 1. The maximum Gasteiger partial charge on any atom is 0.123 e. The molecule has 0 bridgehead atoms. The molecule has 0 amide bonds. The van der Waals surface area contributed by atoms with Crippen LogP contribution in [0.2, 0.25) is 0 Å². The highest BCUT2D eigenvalue weighted by Crippen LogP contribution is 2.25. The SMILES string of the molecule is COc1ccccc1C(N)CCCN.